The molecule has 178 valence electrons. The second kappa shape index (κ2) is 9.71. The maximum atomic E-state index is 13.9. The third-order valence-electron chi connectivity index (χ3n) is 5.90. The lowest BCUT2D eigenvalue weighted by atomic mass is 9.99. The van der Waals surface area contributed by atoms with Crippen LogP contribution in [-0.2, 0) is 4.79 Å². The third-order valence-corrected chi connectivity index (χ3v) is 5.90. The Morgan fingerprint density at radius 3 is 1.94 bits per heavy atom. The van der Waals surface area contributed by atoms with Crippen molar-refractivity contribution in [1.82, 2.24) is 0 Å². The lowest BCUT2D eigenvalue weighted by Gasteiger charge is -2.50. The molecular weight excluding hydrogens is 458 g/mol. The zero-order chi connectivity index (χ0) is 25.1. The zero-order valence-corrected chi connectivity index (χ0v) is 19.0. The van der Waals surface area contributed by atoms with Gasteiger partial charge in [0.2, 0.25) is 6.10 Å². The highest BCUT2D eigenvalue weighted by Gasteiger charge is 2.55. The van der Waals surface area contributed by atoms with Gasteiger partial charge in [0.1, 0.15) is 5.75 Å². The van der Waals surface area contributed by atoms with E-state index in [-0.39, 0.29) is 17.2 Å². The number of anilines is 2. The highest BCUT2D eigenvalue weighted by atomic mass is 16.6. The average Bonchev–Trinajstić information content (AvgIpc) is 2.93. The van der Waals surface area contributed by atoms with E-state index in [9.17, 15) is 19.7 Å². The van der Waals surface area contributed by atoms with Crippen molar-refractivity contribution in [2.45, 2.75) is 12.3 Å². The number of nitrogens with zero attached hydrogens (tertiary/aromatic N) is 3. The summed E-state index contributed by atoms with van der Waals surface area (Å²) in [5.74, 6) is -0.201. The maximum Gasteiger partial charge on any atom is 0.274 e. The fourth-order valence-corrected chi connectivity index (χ4v) is 4.17. The Morgan fingerprint density at radius 2 is 1.36 bits per heavy atom. The predicted molar refractivity (Wildman–Crippen MR) is 135 cm³/mol. The number of rotatable bonds is 7. The highest BCUT2D eigenvalue weighted by Crippen LogP contribution is 2.36. The molecule has 2 amide bonds. The molecule has 5 rings (SSSR count). The van der Waals surface area contributed by atoms with Crippen LogP contribution in [0.15, 0.2) is 115 Å². The van der Waals surface area contributed by atoms with E-state index in [1.807, 2.05) is 30.3 Å². The van der Waals surface area contributed by atoms with Crippen LogP contribution < -0.4 is 14.5 Å². The first-order valence-electron chi connectivity index (χ1n) is 11.3. The van der Waals surface area contributed by atoms with Crippen molar-refractivity contribution in [3.63, 3.8) is 0 Å². The summed E-state index contributed by atoms with van der Waals surface area (Å²) in [5, 5.41) is 11.1. The Kier molecular flexibility index (Phi) is 6.15. The Labute approximate surface area is 207 Å². The number of benzene rings is 4. The number of ether oxygens (including phenoxy) is 1. The number of hydrogen-bond donors (Lipinski definition) is 0. The number of hydrogen-bond acceptors (Lipinski definition) is 5. The van der Waals surface area contributed by atoms with E-state index in [4.69, 9.17) is 4.74 Å². The molecule has 36 heavy (non-hydrogen) atoms. The highest BCUT2D eigenvalue weighted by molar-refractivity contribution is 6.13. The molecule has 1 heterocycles. The molecule has 1 saturated heterocycles. The molecule has 0 unspecified atom stereocenters. The molecule has 1 aliphatic rings. The van der Waals surface area contributed by atoms with E-state index in [1.165, 1.54) is 34.1 Å². The summed E-state index contributed by atoms with van der Waals surface area (Å²) in [4.78, 5) is 40.9. The summed E-state index contributed by atoms with van der Waals surface area (Å²) in [6.45, 7) is 0. The van der Waals surface area contributed by atoms with Crippen molar-refractivity contribution in [3.05, 3.63) is 131 Å². The molecule has 0 saturated carbocycles. The monoisotopic (exact) mass is 479 g/mol. The Bertz CT molecular complexity index is 1380. The van der Waals surface area contributed by atoms with Gasteiger partial charge in [-0.2, -0.15) is 0 Å². The second-order valence-electron chi connectivity index (χ2n) is 8.12. The van der Waals surface area contributed by atoms with Crippen molar-refractivity contribution in [2.24, 2.45) is 0 Å². The minimum atomic E-state index is -0.963. The Hall–Kier alpha value is -4.98. The first kappa shape index (κ1) is 22.8. The number of carbonyl (C=O) groups is 2. The SMILES string of the molecule is O=C(c1ccc([N+](=O)[O-])cc1)N(c1ccccc1)[C@@H]1[C@@H](Oc2ccccc2)C(=O)N1c1ccccc1. The number of β-lactam (4-membered cyclic amide) rings is 1. The minimum absolute atomic E-state index is 0.118. The van der Waals surface area contributed by atoms with E-state index in [0.717, 1.165) is 0 Å². The van der Waals surface area contributed by atoms with E-state index in [1.54, 1.807) is 60.7 Å². The normalized spacial score (nSPS) is 16.7. The molecule has 8 nitrogen and oxygen atoms in total. The number of para-hydroxylation sites is 3. The zero-order valence-electron chi connectivity index (χ0n) is 19.0. The molecule has 0 aliphatic carbocycles. The number of carbonyl (C=O) groups excluding carboxylic acids is 2. The summed E-state index contributed by atoms with van der Waals surface area (Å²) in [6.07, 6.45) is -1.76. The molecule has 0 N–H and O–H groups in total. The van der Waals surface area contributed by atoms with Crippen molar-refractivity contribution >= 4 is 28.9 Å². The summed E-state index contributed by atoms with van der Waals surface area (Å²) < 4.78 is 6.09. The molecule has 4 aromatic carbocycles. The van der Waals surface area contributed by atoms with Crippen LogP contribution in [0.1, 0.15) is 10.4 Å². The molecule has 1 fully saturated rings. The quantitative estimate of drug-likeness (QED) is 0.210. The Balaban J connectivity index is 1.59. The van der Waals surface area contributed by atoms with Crippen LogP contribution in [0.3, 0.4) is 0 Å². The standard InChI is InChI=1S/C28H21N3O5/c32-27(20-16-18-23(19-17-20)31(34)35)29(21-10-4-1-5-11-21)26-25(36-24-14-8-3-9-15-24)28(33)30(26)22-12-6-2-7-13-22/h1-19,25-26H/t25-,26+/m1/s1. The lowest BCUT2D eigenvalue weighted by molar-refractivity contribution is -0.384. The van der Waals surface area contributed by atoms with Gasteiger partial charge in [-0.3, -0.25) is 29.5 Å². The minimum Gasteiger partial charge on any atom is -0.476 e. The van der Waals surface area contributed by atoms with Crippen LogP contribution in [0.25, 0.3) is 0 Å². The van der Waals surface area contributed by atoms with Crippen LogP contribution in [0, 0.1) is 10.1 Å². The number of non-ortho nitro benzene ring substituents is 1. The number of nitro groups is 1. The molecule has 0 spiro atoms. The molecule has 1 aliphatic heterocycles. The lowest BCUT2D eigenvalue weighted by Crippen LogP contribution is -2.74. The van der Waals surface area contributed by atoms with Crippen molar-refractivity contribution in [3.8, 4) is 5.75 Å². The molecule has 0 aromatic heterocycles. The fraction of sp³-hybridized carbons (Fsp3) is 0.0714. The van der Waals surface area contributed by atoms with Gasteiger partial charge in [0.15, 0.2) is 6.17 Å². The maximum absolute atomic E-state index is 13.9. The van der Waals surface area contributed by atoms with Crippen molar-refractivity contribution in [2.75, 3.05) is 9.80 Å². The number of nitro benzene ring substituents is 1. The van der Waals surface area contributed by atoms with Crippen LogP contribution in [0.5, 0.6) is 5.75 Å². The Morgan fingerprint density at radius 1 is 0.806 bits per heavy atom. The predicted octanol–water partition coefficient (Wildman–Crippen LogP) is 5.06. The first-order chi connectivity index (χ1) is 17.5. The molecule has 8 heteroatoms. The van der Waals surface area contributed by atoms with E-state index in [2.05, 4.69) is 0 Å². The first-order valence-corrected chi connectivity index (χ1v) is 11.3. The largest absolute Gasteiger partial charge is 0.476 e. The molecule has 2 atom stereocenters. The van der Waals surface area contributed by atoms with Gasteiger partial charge < -0.3 is 4.74 Å². The second-order valence-corrected chi connectivity index (χ2v) is 8.12. The van der Waals surface area contributed by atoms with Gasteiger partial charge in [-0.15, -0.1) is 0 Å². The molecule has 4 aromatic rings. The van der Waals surface area contributed by atoms with Crippen LogP contribution >= 0.6 is 0 Å². The van der Waals surface area contributed by atoms with Crippen molar-refractivity contribution < 1.29 is 19.2 Å². The fourth-order valence-electron chi connectivity index (χ4n) is 4.17. The third kappa shape index (κ3) is 4.27. The topological polar surface area (TPSA) is 93.0 Å². The van der Waals surface area contributed by atoms with E-state index >= 15 is 0 Å². The molecule has 0 bridgehead atoms. The summed E-state index contributed by atoms with van der Waals surface area (Å²) >= 11 is 0. The van der Waals surface area contributed by atoms with E-state index in [0.29, 0.717) is 17.1 Å². The van der Waals surface area contributed by atoms with Gasteiger partial charge in [0.05, 0.1) is 4.92 Å². The van der Waals surface area contributed by atoms with Gasteiger partial charge in [0, 0.05) is 29.1 Å². The van der Waals surface area contributed by atoms with E-state index < -0.39 is 23.1 Å². The molecule has 0 radical (unpaired) electrons. The summed E-state index contributed by atoms with van der Waals surface area (Å²) in [5.41, 5.74) is 1.31. The smallest absolute Gasteiger partial charge is 0.274 e. The van der Waals surface area contributed by atoms with Gasteiger partial charge in [-0.05, 0) is 48.5 Å². The number of amides is 2. The van der Waals surface area contributed by atoms with Gasteiger partial charge >= 0.3 is 0 Å². The van der Waals surface area contributed by atoms with Crippen LogP contribution in [0.2, 0.25) is 0 Å². The summed E-state index contributed by atoms with van der Waals surface area (Å²) in [6, 6.07) is 32.4. The van der Waals surface area contributed by atoms with Crippen molar-refractivity contribution in [1.29, 1.82) is 0 Å². The van der Waals surface area contributed by atoms with Gasteiger partial charge in [0.25, 0.3) is 17.5 Å². The van der Waals surface area contributed by atoms with Gasteiger partial charge in [-0.25, -0.2) is 0 Å². The average molecular weight is 479 g/mol. The van der Waals surface area contributed by atoms with Crippen LogP contribution in [0.4, 0.5) is 17.1 Å². The summed E-state index contributed by atoms with van der Waals surface area (Å²) in [7, 11) is 0. The van der Waals surface area contributed by atoms with Crippen LogP contribution in [-0.4, -0.2) is 29.0 Å². The molecular formula is C28H21N3O5. The van der Waals surface area contributed by atoms with Gasteiger partial charge in [-0.1, -0.05) is 54.6 Å².